The Labute approximate surface area is 68.7 Å². The van der Waals surface area contributed by atoms with Gasteiger partial charge < -0.3 is 17.2 Å². The van der Waals surface area contributed by atoms with E-state index in [0.29, 0.717) is 0 Å². The van der Waals surface area contributed by atoms with E-state index in [1.54, 1.807) is 0 Å². The molecule has 0 aromatic heterocycles. The summed E-state index contributed by atoms with van der Waals surface area (Å²) in [5.41, 5.74) is 0. The molecule has 0 radical (unpaired) electrons. The molecule has 2 nitrogen and oxygen atoms in total. The Bertz CT molecular complexity index is 79.8. The molecule has 0 saturated carbocycles. The van der Waals surface area contributed by atoms with Gasteiger partial charge in [-0.3, -0.25) is 0 Å². The molecule has 0 aromatic carbocycles. The third-order valence-corrected chi connectivity index (χ3v) is 0.744. The summed E-state index contributed by atoms with van der Waals surface area (Å²) in [5.74, 6) is 0.829. The van der Waals surface area contributed by atoms with Crippen molar-refractivity contribution in [2.45, 2.75) is 0 Å². The molecule has 1 rings (SSSR count). The van der Waals surface area contributed by atoms with E-state index in [1.165, 1.54) is 0 Å². The van der Waals surface area contributed by atoms with Gasteiger partial charge in [-0.25, -0.2) is 0 Å². The topological polar surface area (TPSA) is 24.4 Å². The summed E-state index contributed by atoms with van der Waals surface area (Å²) in [4.78, 5) is 3.93. The molecule has 1 heterocycles. The van der Waals surface area contributed by atoms with Crippen molar-refractivity contribution in [2.75, 3.05) is 13.1 Å². The molecule has 34 valence electrons. The van der Waals surface area contributed by atoms with Crippen LogP contribution in [0, 0.1) is 6.92 Å². The number of hydrogen-bond donors (Lipinski definition) is 1. The van der Waals surface area contributed by atoms with Gasteiger partial charge in [-0.1, -0.05) is 0 Å². The van der Waals surface area contributed by atoms with Crippen molar-refractivity contribution in [3.8, 4) is 0 Å². The Morgan fingerprint density at radius 1 is 1.71 bits per heavy atom. The molecule has 3 heteroatoms. The maximum Gasteiger partial charge on any atom is 3.00 e. The second kappa shape index (κ2) is 3.45. The molecule has 1 aliphatic heterocycles. The zero-order valence-electron chi connectivity index (χ0n) is 4.15. The van der Waals surface area contributed by atoms with Gasteiger partial charge in [0.2, 0.25) is 0 Å². The van der Waals surface area contributed by atoms with Crippen LogP contribution in [0.2, 0.25) is 0 Å². The zero-order chi connectivity index (χ0) is 4.41. The van der Waals surface area contributed by atoms with Crippen LogP contribution in [0.15, 0.2) is 4.99 Å². The fourth-order valence-electron chi connectivity index (χ4n) is 0.447. The summed E-state index contributed by atoms with van der Waals surface area (Å²) in [5, 5.41) is 2.96. The van der Waals surface area contributed by atoms with Crippen LogP contribution < -0.4 is 5.32 Å². The van der Waals surface area contributed by atoms with Crippen molar-refractivity contribution >= 4 is 5.84 Å². The van der Waals surface area contributed by atoms with Gasteiger partial charge >= 0.3 is 32.7 Å². The largest absolute Gasteiger partial charge is 3.00 e. The van der Waals surface area contributed by atoms with Gasteiger partial charge in [0.25, 0.3) is 0 Å². The average molecular weight is 172 g/mol. The maximum atomic E-state index is 3.93. The van der Waals surface area contributed by atoms with Gasteiger partial charge in [-0.15, -0.1) is 0 Å². The van der Waals surface area contributed by atoms with E-state index < -0.39 is 0 Å². The van der Waals surface area contributed by atoms with E-state index in [2.05, 4.69) is 17.2 Å². The van der Waals surface area contributed by atoms with Gasteiger partial charge in [0, 0.05) is 6.54 Å². The molecule has 0 spiro atoms. The van der Waals surface area contributed by atoms with E-state index >= 15 is 0 Å². The third kappa shape index (κ3) is 2.30. The number of hydrogen-bond acceptors (Lipinski definition) is 2. The first-order chi connectivity index (χ1) is 2.89. The number of nitrogens with one attached hydrogen (secondary N) is 1. The summed E-state index contributed by atoms with van der Waals surface area (Å²) in [7, 11) is 0. The summed E-state index contributed by atoms with van der Waals surface area (Å²) in [6, 6.07) is 0. The van der Waals surface area contributed by atoms with Gasteiger partial charge in [0.1, 0.15) is 0 Å². The molecular weight excluding hydrogens is 165 g/mol. The van der Waals surface area contributed by atoms with Crippen molar-refractivity contribution in [1.82, 2.24) is 5.32 Å². The fraction of sp³-hybridized carbons (Fsp3) is 0.500. The van der Waals surface area contributed by atoms with Crippen LogP contribution in [0.1, 0.15) is 0 Å². The molecule has 0 aromatic rings. The third-order valence-electron chi connectivity index (χ3n) is 0.744. The van der Waals surface area contributed by atoms with Crippen LogP contribution in [-0.2, 0) is 32.7 Å². The Hall–Kier alpha value is 0.444. The van der Waals surface area contributed by atoms with Crippen molar-refractivity contribution in [3.63, 3.8) is 0 Å². The van der Waals surface area contributed by atoms with E-state index in [9.17, 15) is 0 Å². The Balaban J connectivity index is 0.000000360. The molecule has 0 saturated heterocycles. The standard InChI is InChI=1S/C4H7N2.Y/c1-4-5-2-3-6-4;/h1-3H2,(H,5,6);/q-1;+3. The molecule has 0 bridgehead atoms. The molecular formula is C4H7N2Y+2. The molecule has 0 aliphatic carbocycles. The van der Waals surface area contributed by atoms with Gasteiger partial charge in [0.05, 0.1) is 6.54 Å². The van der Waals surface area contributed by atoms with E-state index in [1.807, 2.05) is 0 Å². The van der Waals surface area contributed by atoms with E-state index in [0.717, 1.165) is 18.9 Å². The summed E-state index contributed by atoms with van der Waals surface area (Å²) >= 11 is 0. The van der Waals surface area contributed by atoms with Gasteiger partial charge in [-0.05, 0) is 5.84 Å². The second-order valence-electron chi connectivity index (χ2n) is 1.26. The predicted octanol–water partition coefficient (Wildman–Crippen LogP) is -0.180. The van der Waals surface area contributed by atoms with Crippen molar-refractivity contribution < 1.29 is 32.7 Å². The number of amidine groups is 1. The molecule has 0 unspecified atom stereocenters. The van der Waals surface area contributed by atoms with Crippen LogP contribution in [0.5, 0.6) is 0 Å². The molecule has 1 N–H and O–H groups in total. The quantitative estimate of drug-likeness (QED) is 0.503. The average Bonchev–Trinajstić information content (AvgIpc) is 1.86. The Morgan fingerprint density at radius 2 is 2.43 bits per heavy atom. The van der Waals surface area contributed by atoms with Gasteiger partial charge in [-0.2, -0.15) is 0 Å². The summed E-state index contributed by atoms with van der Waals surface area (Å²) in [6.45, 7) is 5.45. The van der Waals surface area contributed by atoms with Crippen LogP contribution >= 0.6 is 0 Å². The van der Waals surface area contributed by atoms with E-state index in [4.69, 9.17) is 0 Å². The molecule has 7 heavy (non-hydrogen) atoms. The smallest absolute Gasteiger partial charge is 0.397 e. The number of aliphatic imine (C=N–C) groups is 1. The Morgan fingerprint density at radius 3 is 2.57 bits per heavy atom. The van der Waals surface area contributed by atoms with Crippen molar-refractivity contribution in [1.29, 1.82) is 0 Å². The molecule has 0 amide bonds. The van der Waals surface area contributed by atoms with Crippen LogP contribution in [-0.4, -0.2) is 18.9 Å². The summed E-state index contributed by atoms with van der Waals surface area (Å²) in [6.07, 6.45) is 0. The van der Waals surface area contributed by atoms with Crippen LogP contribution in [0.3, 0.4) is 0 Å². The molecule has 0 atom stereocenters. The monoisotopic (exact) mass is 172 g/mol. The van der Waals surface area contributed by atoms with Crippen molar-refractivity contribution in [2.24, 2.45) is 4.99 Å². The first-order valence-corrected chi connectivity index (χ1v) is 2.00. The number of rotatable bonds is 0. The van der Waals surface area contributed by atoms with E-state index in [-0.39, 0.29) is 32.7 Å². The SMILES string of the molecule is [CH2-]C1=NCCN1.[Y+3]. The Kier molecular flexibility index (Phi) is 3.66. The second-order valence-corrected chi connectivity index (χ2v) is 1.26. The minimum absolute atomic E-state index is 0. The van der Waals surface area contributed by atoms with Crippen LogP contribution in [0.4, 0.5) is 0 Å². The fourth-order valence-corrected chi connectivity index (χ4v) is 0.447. The van der Waals surface area contributed by atoms with Gasteiger partial charge in [0.15, 0.2) is 0 Å². The molecule has 1 aliphatic rings. The first-order valence-electron chi connectivity index (χ1n) is 2.00. The molecule has 0 fully saturated rings. The zero-order valence-corrected chi connectivity index (χ0v) is 6.98. The minimum Gasteiger partial charge on any atom is -0.397 e. The first kappa shape index (κ1) is 7.44. The maximum absolute atomic E-state index is 3.93. The summed E-state index contributed by atoms with van der Waals surface area (Å²) < 4.78 is 0. The number of nitrogens with zero attached hydrogens (tertiary/aromatic N) is 1. The van der Waals surface area contributed by atoms with Crippen LogP contribution in [0.25, 0.3) is 0 Å². The minimum atomic E-state index is 0. The predicted molar refractivity (Wildman–Crippen MR) is 25.7 cm³/mol. The normalized spacial score (nSPS) is 16.9. The van der Waals surface area contributed by atoms with Crippen molar-refractivity contribution in [3.05, 3.63) is 6.92 Å².